The zero-order valence-electron chi connectivity index (χ0n) is 8.66. The first-order chi connectivity index (χ1) is 8.08. The van der Waals surface area contributed by atoms with Crippen LogP contribution in [0.5, 0.6) is 0 Å². The predicted octanol–water partition coefficient (Wildman–Crippen LogP) is 4.12. The lowest BCUT2D eigenvalue weighted by molar-refractivity contribution is -0.137. The van der Waals surface area contributed by atoms with E-state index in [2.05, 4.69) is 10.3 Å². The van der Waals surface area contributed by atoms with E-state index in [1.165, 1.54) is 0 Å². The van der Waals surface area contributed by atoms with Gasteiger partial charge in [0.25, 0.3) is 0 Å². The molecule has 1 aromatic rings. The highest BCUT2D eigenvalue weighted by molar-refractivity contribution is 6.29. The summed E-state index contributed by atoms with van der Waals surface area (Å²) in [6.07, 6.45) is -10.2. The summed E-state index contributed by atoms with van der Waals surface area (Å²) < 4.78 is 72.6. The largest absolute Gasteiger partial charge is 0.416 e. The standard InChI is InChI=1S/C9H7ClF6N2/c10-6-3-5(9(14,15)16)4-7(18-6)17-2-1-8(11,12)13/h3-4H,1-2H2,(H,17,18). The molecule has 9 heteroatoms. The van der Waals surface area contributed by atoms with Gasteiger partial charge < -0.3 is 5.32 Å². The Bertz CT molecular complexity index is 414. The molecule has 2 nitrogen and oxygen atoms in total. The average molecular weight is 293 g/mol. The Kier molecular flexibility index (Phi) is 4.31. The van der Waals surface area contributed by atoms with Gasteiger partial charge in [0.2, 0.25) is 0 Å². The normalized spacial score (nSPS) is 12.6. The molecule has 0 aliphatic heterocycles. The summed E-state index contributed by atoms with van der Waals surface area (Å²) in [5.74, 6) is -0.348. The summed E-state index contributed by atoms with van der Waals surface area (Å²) in [5.41, 5.74) is -1.07. The number of anilines is 1. The van der Waals surface area contributed by atoms with Crippen molar-refractivity contribution in [2.24, 2.45) is 0 Å². The van der Waals surface area contributed by atoms with E-state index in [-0.39, 0.29) is 5.82 Å². The van der Waals surface area contributed by atoms with Crippen LogP contribution in [0.3, 0.4) is 0 Å². The van der Waals surface area contributed by atoms with E-state index < -0.39 is 36.0 Å². The van der Waals surface area contributed by atoms with Gasteiger partial charge in [0, 0.05) is 6.54 Å². The average Bonchev–Trinajstić information content (AvgIpc) is 2.13. The molecule has 0 spiro atoms. The lowest BCUT2D eigenvalue weighted by atomic mass is 10.2. The van der Waals surface area contributed by atoms with E-state index >= 15 is 0 Å². The number of hydrogen-bond acceptors (Lipinski definition) is 2. The van der Waals surface area contributed by atoms with Crippen molar-refractivity contribution in [3.63, 3.8) is 0 Å². The van der Waals surface area contributed by atoms with Gasteiger partial charge in [-0.2, -0.15) is 26.3 Å². The van der Waals surface area contributed by atoms with Crippen LogP contribution in [-0.2, 0) is 6.18 Å². The fourth-order valence-corrected chi connectivity index (χ4v) is 1.29. The van der Waals surface area contributed by atoms with Gasteiger partial charge in [0.05, 0.1) is 12.0 Å². The zero-order valence-corrected chi connectivity index (χ0v) is 9.42. The van der Waals surface area contributed by atoms with Gasteiger partial charge in [-0.05, 0) is 12.1 Å². The number of hydrogen-bond donors (Lipinski definition) is 1. The molecule has 102 valence electrons. The number of nitrogens with zero attached hydrogens (tertiary/aromatic N) is 1. The van der Waals surface area contributed by atoms with Crippen LogP contribution in [0.2, 0.25) is 5.15 Å². The topological polar surface area (TPSA) is 24.9 Å². The molecule has 1 rings (SSSR count). The highest BCUT2D eigenvalue weighted by atomic mass is 35.5. The Labute approximate surface area is 103 Å². The smallest absolute Gasteiger partial charge is 0.370 e. The maximum Gasteiger partial charge on any atom is 0.416 e. The van der Waals surface area contributed by atoms with Crippen molar-refractivity contribution in [2.75, 3.05) is 11.9 Å². The second-order valence-corrected chi connectivity index (χ2v) is 3.74. The highest BCUT2D eigenvalue weighted by Crippen LogP contribution is 2.32. The molecule has 0 fully saturated rings. The predicted molar refractivity (Wildman–Crippen MR) is 53.4 cm³/mol. The van der Waals surface area contributed by atoms with Crippen molar-refractivity contribution in [2.45, 2.75) is 18.8 Å². The second-order valence-electron chi connectivity index (χ2n) is 3.35. The minimum absolute atomic E-state index is 0.348. The third-order valence-electron chi connectivity index (χ3n) is 1.84. The first-order valence-electron chi connectivity index (χ1n) is 4.63. The van der Waals surface area contributed by atoms with E-state index in [1.807, 2.05) is 0 Å². The van der Waals surface area contributed by atoms with Crippen LogP contribution in [0, 0.1) is 0 Å². The van der Waals surface area contributed by atoms with Gasteiger partial charge in [-0.1, -0.05) is 11.6 Å². The van der Waals surface area contributed by atoms with Gasteiger partial charge in [-0.15, -0.1) is 0 Å². The Hall–Kier alpha value is -1.18. The summed E-state index contributed by atoms with van der Waals surface area (Å²) in [5, 5.41) is 1.69. The molecule has 1 heterocycles. The third kappa shape index (κ3) is 4.99. The van der Waals surface area contributed by atoms with E-state index in [0.29, 0.717) is 12.1 Å². The number of alkyl halides is 6. The maximum atomic E-state index is 12.4. The molecule has 0 amide bonds. The van der Waals surface area contributed by atoms with E-state index in [1.54, 1.807) is 0 Å². The Morgan fingerprint density at radius 1 is 1.11 bits per heavy atom. The number of aromatic nitrogens is 1. The van der Waals surface area contributed by atoms with Gasteiger partial charge in [0.1, 0.15) is 11.0 Å². The lowest BCUT2D eigenvalue weighted by Gasteiger charge is -2.11. The van der Waals surface area contributed by atoms with Crippen molar-refractivity contribution >= 4 is 17.4 Å². The lowest BCUT2D eigenvalue weighted by Crippen LogP contribution is -2.15. The van der Waals surface area contributed by atoms with Crippen LogP contribution in [0.15, 0.2) is 12.1 Å². The molecule has 0 saturated carbocycles. The third-order valence-corrected chi connectivity index (χ3v) is 2.03. The van der Waals surface area contributed by atoms with Crippen molar-refractivity contribution in [3.05, 3.63) is 22.8 Å². The van der Waals surface area contributed by atoms with Crippen LogP contribution in [-0.4, -0.2) is 17.7 Å². The summed E-state index contributed by atoms with van der Waals surface area (Å²) in [6, 6.07) is 1.19. The van der Waals surface area contributed by atoms with Crippen LogP contribution in [0.1, 0.15) is 12.0 Å². The van der Waals surface area contributed by atoms with Crippen molar-refractivity contribution in [1.29, 1.82) is 0 Å². The maximum absolute atomic E-state index is 12.4. The SMILES string of the molecule is FC(F)(F)CCNc1cc(C(F)(F)F)cc(Cl)n1. The molecule has 0 unspecified atom stereocenters. The van der Waals surface area contributed by atoms with Gasteiger partial charge in [-0.3, -0.25) is 0 Å². The molecule has 1 N–H and O–H groups in total. The first kappa shape index (κ1) is 14.9. The number of pyridine rings is 1. The minimum Gasteiger partial charge on any atom is -0.370 e. The molecule has 0 bridgehead atoms. The second kappa shape index (κ2) is 5.21. The fourth-order valence-electron chi connectivity index (χ4n) is 1.08. The monoisotopic (exact) mass is 292 g/mol. The summed E-state index contributed by atoms with van der Waals surface area (Å²) in [7, 11) is 0. The number of rotatable bonds is 3. The van der Waals surface area contributed by atoms with Crippen molar-refractivity contribution in [1.82, 2.24) is 4.98 Å². The summed E-state index contributed by atoms with van der Waals surface area (Å²) in [6.45, 7) is -0.575. The van der Waals surface area contributed by atoms with E-state index in [0.717, 1.165) is 0 Å². The summed E-state index contributed by atoms with van der Waals surface area (Å²) in [4.78, 5) is 3.45. The van der Waals surface area contributed by atoms with Crippen LogP contribution in [0.25, 0.3) is 0 Å². The molecular formula is C9H7ClF6N2. The van der Waals surface area contributed by atoms with Crippen molar-refractivity contribution < 1.29 is 26.3 Å². The number of halogens is 7. The van der Waals surface area contributed by atoms with Gasteiger partial charge >= 0.3 is 12.4 Å². The molecule has 0 saturated heterocycles. The van der Waals surface area contributed by atoms with Crippen molar-refractivity contribution in [3.8, 4) is 0 Å². The zero-order chi connectivity index (χ0) is 14.0. The molecule has 0 atom stereocenters. The highest BCUT2D eigenvalue weighted by Gasteiger charge is 2.31. The minimum atomic E-state index is -4.63. The van der Waals surface area contributed by atoms with Gasteiger partial charge in [-0.25, -0.2) is 4.98 Å². The fraction of sp³-hybridized carbons (Fsp3) is 0.444. The Balaban J connectivity index is 2.75. The van der Waals surface area contributed by atoms with E-state index in [4.69, 9.17) is 11.6 Å². The molecular weight excluding hydrogens is 286 g/mol. The molecule has 0 aromatic carbocycles. The Morgan fingerprint density at radius 2 is 1.72 bits per heavy atom. The quantitative estimate of drug-likeness (QED) is 0.669. The van der Waals surface area contributed by atoms with Gasteiger partial charge in [0.15, 0.2) is 0 Å². The molecule has 0 aliphatic carbocycles. The summed E-state index contributed by atoms with van der Waals surface area (Å²) >= 11 is 5.35. The first-order valence-corrected chi connectivity index (χ1v) is 5.01. The van der Waals surface area contributed by atoms with E-state index in [9.17, 15) is 26.3 Å². The molecule has 0 aliphatic rings. The molecule has 18 heavy (non-hydrogen) atoms. The number of nitrogens with one attached hydrogen (secondary N) is 1. The molecule has 0 radical (unpaired) electrons. The van der Waals surface area contributed by atoms with Crippen LogP contribution < -0.4 is 5.32 Å². The van der Waals surface area contributed by atoms with Crippen LogP contribution in [0.4, 0.5) is 32.2 Å². The molecule has 1 aromatic heterocycles. The Morgan fingerprint density at radius 3 is 2.22 bits per heavy atom. The van der Waals surface area contributed by atoms with Crippen LogP contribution >= 0.6 is 11.6 Å².